The number of carbonyl (C=O) groups is 1. The summed E-state index contributed by atoms with van der Waals surface area (Å²) in [5, 5.41) is 13.3. The molecule has 96 valence electrons. The highest BCUT2D eigenvalue weighted by atomic mass is 16.6. The first kappa shape index (κ1) is 13.8. The number of nitrogens with zero attached hydrogens (tertiary/aromatic N) is 2. The third-order valence-electron chi connectivity index (χ3n) is 2.25. The minimum Gasteiger partial charge on any atom is -0.356 e. The number of rotatable bonds is 5. The van der Waals surface area contributed by atoms with Gasteiger partial charge in [0.05, 0.1) is 10.6 Å². The van der Waals surface area contributed by atoms with E-state index >= 15 is 0 Å². The molecule has 0 radical (unpaired) electrons. The van der Waals surface area contributed by atoms with Crippen LogP contribution in [0.25, 0.3) is 6.08 Å². The lowest BCUT2D eigenvalue weighted by Crippen LogP contribution is -2.20. The van der Waals surface area contributed by atoms with Crippen molar-refractivity contribution < 1.29 is 9.72 Å². The second-order valence-corrected chi connectivity index (χ2v) is 3.77. The maximum atomic E-state index is 10.6. The fourth-order valence-corrected chi connectivity index (χ4v) is 1.39. The van der Waals surface area contributed by atoms with E-state index in [-0.39, 0.29) is 11.6 Å². The number of nitro groups is 1. The summed E-state index contributed by atoms with van der Waals surface area (Å²) in [5.41, 5.74) is 1.08. The van der Waals surface area contributed by atoms with Gasteiger partial charge in [0, 0.05) is 19.5 Å². The van der Waals surface area contributed by atoms with Crippen LogP contribution < -0.4 is 5.32 Å². The molecule has 0 saturated heterocycles. The molecule has 0 fully saturated rings. The normalized spacial score (nSPS) is 10.6. The fraction of sp³-hybridized carbons (Fsp3) is 0.333. The Morgan fingerprint density at radius 3 is 2.83 bits per heavy atom. The summed E-state index contributed by atoms with van der Waals surface area (Å²) in [4.78, 5) is 24.9. The van der Waals surface area contributed by atoms with Crippen molar-refractivity contribution in [2.24, 2.45) is 0 Å². The summed E-state index contributed by atoms with van der Waals surface area (Å²) >= 11 is 0. The molecule has 0 aliphatic rings. The molecule has 1 amide bonds. The average Bonchev–Trinajstić information content (AvgIpc) is 2.27. The number of nitrogens with one attached hydrogen (secondary N) is 1. The van der Waals surface area contributed by atoms with Gasteiger partial charge in [0.1, 0.15) is 5.69 Å². The molecule has 18 heavy (non-hydrogen) atoms. The third-order valence-corrected chi connectivity index (χ3v) is 2.25. The molecule has 0 bridgehead atoms. The maximum absolute atomic E-state index is 10.6. The summed E-state index contributed by atoms with van der Waals surface area (Å²) in [5.74, 6) is -0.0623. The number of pyridine rings is 1. The Labute approximate surface area is 105 Å². The molecule has 1 rings (SSSR count). The summed E-state index contributed by atoms with van der Waals surface area (Å²) < 4.78 is 0. The number of aryl methyl sites for hydroxylation is 1. The molecule has 0 atom stereocenters. The van der Waals surface area contributed by atoms with Gasteiger partial charge >= 0.3 is 0 Å². The molecule has 0 aliphatic heterocycles. The molecule has 6 heteroatoms. The van der Waals surface area contributed by atoms with Gasteiger partial charge in [-0.1, -0.05) is 6.08 Å². The fourth-order valence-electron chi connectivity index (χ4n) is 1.39. The predicted octanol–water partition coefficient (Wildman–Crippen LogP) is 1.84. The lowest BCUT2D eigenvalue weighted by molar-refractivity contribution is -0.385. The van der Waals surface area contributed by atoms with Gasteiger partial charge in [-0.2, -0.15) is 0 Å². The average molecular weight is 249 g/mol. The smallest absolute Gasteiger partial charge is 0.290 e. The summed E-state index contributed by atoms with van der Waals surface area (Å²) in [6, 6.07) is 3.04. The van der Waals surface area contributed by atoms with Crippen molar-refractivity contribution in [1.29, 1.82) is 0 Å². The number of aromatic nitrogens is 1. The highest BCUT2D eigenvalue weighted by Gasteiger charge is 2.10. The van der Waals surface area contributed by atoms with Crippen molar-refractivity contribution in [3.63, 3.8) is 0 Å². The van der Waals surface area contributed by atoms with Crippen LogP contribution in [0.3, 0.4) is 0 Å². The highest BCUT2D eigenvalue weighted by molar-refractivity contribution is 5.72. The van der Waals surface area contributed by atoms with Gasteiger partial charge in [-0.15, -0.1) is 0 Å². The van der Waals surface area contributed by atoms with Gasteiger partial charge in [0.2, 0.25) is 5.91 Å². The zero-order chi connectivity index (χ0) is 13.5. The van der Waals surface area contributed by atoms with E-state index in [1.165, 1.54) is 13.0 Å². The lowest BCUT2D eigenvalue weighted by atomic mass is 10.2. The standard InChI is InChI=1S/C12H15N3O3/c1-9-12(15(17)18)7-6-11(14-9)5-3-4-8-13-10(2)16/h3,5-7H,4,8H2,1-2H3,(H,13,16). The Hall–Kier alpha value is -2.24. The number of amides is 1. The molecular weight excluding hydrogens is 234 g/mol. The van der Waals surface area contributed by atoms with E-state index in [0.29, 0.717) is 24.4 Å². The first-order valence-corrected chi connectivity index (χ1v) is 5.53. The van der Waals surface area contributed by atoms with Crippen LogP contribution in [-0.4, -0.2) is 22.4 Å². The van der Waals surface area contributed by atoms with E-state index in [0.717, 1.165) is 0 Å². The van der Waals surface area contributed by atoms with Crippen molar-refractivity contribution in [3.8, 4) is 0 Å². The second-order valence-electron chi connectivity index (χ2n) is 3.77. The lowest BCUT2D eigenvalue weighted by Gasteiger charge is -1.99. The van der Waals surface area contributed by atoms with Crippen LogP contribution in [0.15, 0.2) is 18.2 Å². The first-order chi connectivity index (χ1) is 8.50. The summed E-state index contributed by atoms with van der Waals surface area (Å²) in [6.45, 7) is 3.63. The van der Waals surface area contributed by atoms with E-state index < -0.39 is 4.92 Å². The molecule has 6 nitrogen and oxygen atoms in total. The third kappa shape index (κ3) is 4.32. The molecule has 1 aromatic rings. The SMILES string of the molecule is CC(=O)NCCC=Cc1ccc([N+](=O)[O-])c(C)n1. The summed E-state index contributed by atoms with van der Waals surface area (Å²) in [7, 11) is 0. The summed E-state index contributed by atoms with van der Waals surface area (Å²) in [6.07, 6.45) is 4.33. The van der Waals surface area contributed by atoms with Gasteiger partial charge in [-0.3, -0.25) is 14.9 Å². The maximum Gasteiger partial charge on any atom is 0.290 e. The Kier molecular flexibility index (Phi) is 4.98. The monoisotopic (exact) mass is 249 g/mol. The van der Waals surface area contributed by atoms with Crippen molar-refractivity contribution in [2.45, 2.75) is 20.3 Å². The second kappa shape index (κ2) is 6.48. The topological polar surface area (TPSA) is 85.1 Å². The Morgan fingerprint density at radius 2 is 2.28 bits per heavy atom. The minimum absolute atomic E-state index is 0.0189. The van der Waals surface area contributed by atoms with Crippen LogP contribution in [0.1, 0.15) is 24.7 Å². The van der Waals surface area contributed by atoms with Crippen LogP contribution in [0.4, 0.5) is 5.69 Å². The van der Waals surface area contributed by atoms with Gasteiger partial charge < -0.3 is 5.32 Å². The Morgan fingerprint density at radius 1 is 1.56 bits per heavy atom. The number of hydrogen-bond donors (Lipinski definition) is 1. The van der Waals surface area contributed by atoms with Gasteiger partial charge in [0.25, 0.3) is 5.69 Å². The van der Waals surface area contributed by atoms with Crippen LogP contribution in [0, 0.1) is 17.0 Å². The first-order valence-electron chi connectivity index (χ1n) is 5.53. The van der Waals surface area contributed by atoms with Crippen molar-refractivity contribution in [3.05, 3.63) is 39.7 Å². The van der Waals surface area contributed by atoms with Crippen LogP contribution in [0.5, 0.6) is 0 Å². The Balaban J connectivity index is 2.58. The van der Waals surface area contributed by atoms with Crippen LogP contribution in [-0.2, 0) is 4.79 Å². The van der Waals surface area contributed by atoms with E-state index in [2.05, 4.69) is 10.3 Å². The zero-order valence-corrected chi connectivity index (χ0v) is 10.3. The number of carbonyl (C=O) groups excluding carboxylic acids is 1. The quantitative estimate of drug-likeness (QED) is 0.490. The van der Waals surface area contributed by atoms with Crippen LogP contribution in [0.2, 0.25) is 0 Å². The van der Waals surface area contributed by atoms with E-state index in [1.807, 2.05) is 6.08 Å². The molecule has 0 aromatic carbocycles. The molecule has 0 spiro atoms. The van der Waals surface area contributed by atoms with E-state index in [1.54, 1.807) is 19.1 Å². The molecule has 1 aromatic heterocycles. The molecule has 0 saturated carbocycles. The van der Waals surface area contributed by atoms with Crippen molar-refractivity contribution in [2.75, 3.05) is 6.54 Å². The highest BCUT2D eigenvalue weighted by Crippen LogP contribution is 2.15. The largest absolute Gasteiger partial charge is 0.356 e. The molecule has 1 N–H and O–H groups in total. The van der Waals surface area contributed by atoms with E-state index in [9.17, 15) is 14.9 Å². The molecule has 0 unspecified atom stereocenters. The Bertz CT molecular complexity index is 483. The van der Waals surface area contributed by atoms with Crippen molar-refractivity contribution in [1.82, 2.24) is 10.3 Å². The number of hydrogen-bond acceptors (Lipinski definition) is 4. The van der Waals surface area contributed by atoms with E-state index in [4.69, 9.17) is 0 Å². The van der Waals surface area contributed by atoms with Crippen molar-refractivity contribution >= 4 is 17.7 Å². The van der Waals surface area contributed by atoms with Gasteiger partial charge in [-0.05, 0) is 25.5 Å². The molecular formula is C12H15N3O3. The minimum atomic E-state index is -0.452. The molecule has 1 heterocycles. The zero-order valence-electron chi connectivity index (χ0n) is 10.3. The van der Waals surface area contributed by atoms with Gasteiger partial charge in [0.15, 0.2) is 0 Å². The van der Waals surface area contributed by atoms with Crippen LogP contribution >= 0.6 is 0 Å². The van der Waals surface area contributed by atoms with Gasteiger partial charge in [-0.25, -0.2) is 4.98 Å². The molecule has 0 aliphatic carbocycles. The predicted molar refractivity (Wildman–Crippen MR) is 68.0 cm³/mol.